The molecule has 0 amide bonds. The molecule has 2 aromatic carbocycles. The largest absolute Gasteiger partial charge is 0.508 e. The van der Waals surface area contributed by atoms with Crippen LogP contribution in [-0.2, 0) is 12.0 Å². The number of aliphatic hydroxyl groups is 1. The number of phenols is 1. The molecule has 0 radical (unpaired) electrons. The van der Waals surface area contributed by atoms with Gasteiger partial charge in [-0.05, 0) is 42.2 Å². The van der Waals surface area contributed by atoms with Crippen LogP contribution in [0.4, 0.5) is 0 Å². The van der Waals surface area contributed by atoms with Crippen LogP contribution < -0.4 is 0 Å². The SMILES string of the molecule is CCCc1ccc(C(C)(O)c2ccc(O)cc2)cc1. The van der Waals surface area contributed by atoms with E-state index in [-0.39, 0.29) is 5.75 Å². The van der Waals surface area contributed by atoms with Crippen LogP contribution in [0.1, 0.15) is 37.0 Å². The van der Waals surface area contributed by atoms with Crippen molar-refractivity contribution >= 4 is 0 Å². The molecule has 0 spiro atoms. The molecular weight excluding hydrogens is 236 g/mol. The Morgan fingerprint density at radius 2 is 1.37 bits per heavy atom. The molecule has 0 bridgehead atoms. The van der Waals surface area contributed by atoms with Gasteiger partial charge >= 0.3 is 0 Å². The van der Waals surface area contributed by atoms with Crippen LogP contribution >= 0.6 is 0 Å². The van der Waals surface area contributed by atoms with Crippen molar-refractivity contribution < 1.29 is 10.2 Å². The van der Waals surface area contributed by atoms with Crippen LogP contribution in [0.2, 0.25) is 0 Å². The van der Waals surface area contributed by atoms with Crippen molar-refractivity contribution in [2.45, 2.75) is 32.3 Å². The first-order valence-corrected chi connectivity index (χ1v) is 6.65. The van der Waals surface area contributed by atoms with Crippen molar-refractivity contribution in [1.29, 1.82) is 0 Å². The minimum absolute atomic E-state index is 0.206. The minimum atomic E-state index is -1.04. The molecule has 0 aliphatic carbocycles. The number of phenolic OH excluding ortho intramolecular Hbond substituents is 1. The Bertz CT molecular complexity index is 524. The first kappa shape index (κ1) is 13.6. The van der Waals surface area contributed by atoms with Crippen molar-refractivity contribution in [2.75, 3.05) is 0 Å². The summed E-state index contributed by atoms with van der Waals surface area (Å²) in [5, 5.41) is 20.0. The molecule has 100 valence electrons. The molecule has 0 fully saturated rings. The van der Waals surface area contributed by atoms with Gasteiger partial charge in [-0.15, -0.1) is 0 Å². The molecule has 0 aliphatic rings. The quantitative estimate of drug-likeness (QED) is 0.877. The molecule has 2 aromatic rings. The zero-order valence-corrected chi connectivity index (χ0v) is 11.4. The van der Waals surface area contributed by atoms with Crippen LogP contribution in [0.5, 0.6) is 5.75 Å². The average molecular weight is 256 g/mol. The van der Waals surface area contributed by atoms with Gasteiger partial charge in [0, 0.05) is 0 Å². The van der Waals surface area contributed by atoms with Gasteiger partial charge in [-0.2, -0.15) is 0 Å². The fourth-order valence-electron chi connectivity index (χ4n) is 2.24. The predicted molar refractivity (Wildman–Crippen MR) is 77.2 cm³/mol. The Hall–Kier alpha value is -1.80. The van der Waals surface area contributed by atoms with Gasteiger partial charge in [0.1, 0.15) is 11.4 Å². The van der Waals surface area contributed by atoms with E-state index in [0.717, 1.165) is 24.0 Å². The van der Waals surface area contributed by atoms with Gasteiger partial charge in [0.05, 0.1) is 0 Å². The second kappa shape index (κ2) is 5.45. The van der Waals surface area contributed by atoms with Crippen molar-refractivity contribution in [3.8, 4) is 5.75 Å². The van der Waals surface area contributed by atoms with Gasteiger partial charge in [-0.3, -0.25) is 0 Å². The van der Waals surface area contributed by atoms with Gasteiger partial charge in [0.2, 0.25) is 0 Å². The number of hydrogen-bond acceptors (Lipinski definition) is 2. The summed E-state index contributed by atoms with van der Waals surface area (Å²) >= 11 is 0. The monoisotopic (exact) mass is 256 g/mol. The lowest BCUT2D eigenvalue weighted by Gasteiger charge is -2.24. The lowest BCUT2D eigenvalue weighted by Crippen LogP contribution is -2.22. The van der Waals surface area contributed by atoms with Gasteiger partial charge < -0.3 is 10.2 Å². The van der Waals surface area contributed by atoms with E-state index in [4.69, 9.17) is 0 Å². The predicted octanol–water partition coefficient (Wildman–Crippen LogP) is 3.60. The van der Waals surface area contributed by atoms with E-state index in [1.165, 1.54) is 5.56 Å². The molecule has 0 aliphatic heterocycles. The lowest BCUT2D eigenvalue weighted by atomic mass is 9.87. The molecule has 1 unspecified atom stereocenters. The van der Waals surface area contributed by atoms with Crippen LogP contribution in [-0.4, -0.2) is 10.2 Å². The number of rotatable bonds is 4. The van der Waals surface area contributed by atoms with E-state index < -0.39 is 5.60 Å². The molecule has 0 saturated heterocycles. The van der Waals surface area contributed by atoms with Crippen molar-refractivity contribution in [3.63, 3.8) is 0 Å². The maximum Gasteiger partial charge on any atom is 0.115 e. The van der Waals surface area contributed by atoms with Crippen molar-refractivity contribution in [3.05, 3.63) is 65.2 Å². The van der Waals surface area contributed by atoms with E-state index in [1.807, 2.05) is 12.1 Å². The van der Waals surface area contributed by atoms with Crippen LogP contribution in [0.25, 0.3) is 0 Å². The second-order valence-electron chi connectivity index (χ2n) is 5.07. The van der Waals surface area contributed by atoms with Gasteiger partial charge in [-0.1, -0.05) is 49.7 Å². The first-order valence-electron chi connectivity index (χ1n) is 6.65. The van der Waals surface area contributed by atoms with Gasteiger partial charge in [0.15, 0.2) is 0 Å². The lowest BCUT2D eigenvalue weighted by molar-refractivity contribution is 0.102. The summed E-state index contributed by atoms with van der Waals surface area (Å²) in [5.41, 5.74) is 1.87. The maximum absolute atomic E-state index is 10.7. The highest BCUT2D eigenvalue weighted by Crippen LogP contribution is 2.30. The van der Waals surface area contributed by atoms with E-state index in [2.05, 4.69) is 19.1 Å². The normalized spacial score (nSPS) is 14.1. The Morgan fingerprint density at radius 1 is 0.895 bits per heavy atom. The van der Waals surface area contributed by atoms with E-state index in [9.17, 15) is 10.2 Å². The summed E-state index contributed by atoms with van der Waals surface area (Å²) in [5.74, 6) is 0.206. The molecule has 2 N–H and O–H groups in total. The summed E-state index contributed by atoms with van der Waals surface area (Å²) in [6.07, 6.45) is 2.18. The highest BCUT2D eigenvalue weighted by molar-refractivity contribution is 5.38. The Balaban J connectivity index is 2.30. The number of hydrogen-bond donors (Lipinski definition) is 2. The summed E-state index contributed by atoms with van der Waals surface area (Å²) in [4.78, 5) is 0. The molecule has 0 saturated carbocycles. The summed E-state index contributed by atoms with van der Waals surface area (Å²) in [7, 11) is 0. The molecular formula is C17H20O2. The molecule has 2 rings (SSSR count). The van der Waals surface area contributed by atoms with Crippen LogP contribution in [0.15, 0.2) is 48.5 Å². The fraction of sp³-hybridized carbons (Fsp3) is 0.294. The minimum Gasteiger partial charge on any atom is -0.508 e. The highest BCUT2D eigenvalue weighted by atomic mass is 16.3. The number of benzene rings is 2. The molecule has 0 heterocycles. The van der Waals surface area contributed by atoms with Crippen molar-refractivity contribution in [1.82, 2.24) is 0 Å². The van der Waals surface area contributed by atoms with Crippen LogP contribution in [0, 0.1) is 0 Å². The molecule has 19 heavy (non-hydrogen) atoms. The smallest absolute Gasteiger partial charge is 0.115 e. The van der Waals surface area contributed by atoms with Gasteiger partial charge in [0.25, 0.3) is 0 Å². The summed E-state index contributed by atoms with van der Waals surface area (Å²) in [6.45, 7) is 3.93. The zero-order valence-electron chi connectivity index (χ0n) is 11.4. The molecule has 2 nitrogen and oxygen atoms in total. The van der Waals surface area contributed by atoms with E-state index >= 15 is 0 Å². The van der Waals surface area contributed by atoms with Crippen LogP contribution in [0.3, 0.4) is 0 Å². The maximum atomic E-state index is 10.7. The number of aromatic hydroxyl groups is 1. The zero-order chi connectivity index (χ0) is 13.9. The van der Waals surface area contributed by atoms with E-state index in [0.29, 0.717) is 0 Å². The molecule has 2 heteroatoms. The topological polar surface area (TPSA) is 40.5 Å². The molecule has 0 aromatic heterocycles. The Morgan fingerprint density at radius 3 is 1.84 bits per heavy atom. The third kappa shape index (κ3) is 2.96. The average Bonchev–Trinajstić information content (AvgIpc) is 2.40. The Labute approximate surface area is 114 Å². The summed E-state index contributed by atoms with van der Waals surface area (Å²) in [6, 6.07) is 14.7. The number of aryl methyl sites for hydroxylation is 1. The van der Waals surface area contributed by atoms with E-state index in [1.54, 1.807) is 31.2 Å². The molecule has 1 atom stereocenters. The first-order chi connectivity index (χ1) is 9.04. The van der Waals surface area contributed by atoms with Gasteiger partial charge in [-0.25, -0.2) is 0 Å². The second-order valence-corrected chi connectivity index (χ2v) is 5.07. The third-order valence-electron chi connectivity index (χ3n) is 3.48. The van der Waals surface area contributed by atoms with Crippen molar-refractivity contribution in [2.24, 2.45) is 0 Å². The standard InChI is InChI=1S/C17H20O2/c1-3-4-13-5-7-14(8-6-13)17(2,19)15-9-11-16(18)12-10-15/h5-12,18-19H,3-4H2,1-2H3. The summed E-state index contributed by atoms with van der Waals surface area (Å²) < 4.78 is 0. The Kier molecular flexibility index (Phi) is 3.91. The fourth-order valence-corrected chi connectivity index (χ4v) is 2.24. The third-order valence-corrected chi connectivity index (χ3v) is 3.48. The highest BCUT2D eigenvalue weighted by Gasteiger charge is 2.25.